The number of carbonyl (C=O) groups is 1. The first-order valence-corrected chi connectivity index (χ1v) is 9.41. The van der Waals surface area contributed by atoms with Crippen LogP contribution in [0.15, 0.2) is 53.8 Å². The van der Waals surface area contributed by atoms with E-state index in [1.165, 1.54) is 24.8 Å². The zero-order chi connectivity index (χ0) is 19.7. The molecule has 0 aliphatic carbocycles. The number of nitro benzene ring substituents is 1. The van der Waals surface area contributed by atoms with E-state index in [-0.39, 0.29) is 17.2 Å². The van der Waals surface area contributed by atoms with E-state index in [2.05, 4.69) is 20.2 Å². The summed E-state index contributed by atoms with van der Waals surface area (Å²) in [5.41, 5.74) is 3.07. The maximum Gasteiger partial charge on any atom is 0.270 e. The van der Waals surface area contributed by atoms with E-state index < -0.39 is 4.92 Å². The lowest BCUT2D eigenvalue weighted by molar-refractivity contribution is -0.384. The van der Waals surface area contributed by atoms with Crippen LogP contribution in [0.1, 0.15) is 6.92 Å². The largest absolute Gasteiger partial charge is 0.361 e. The fourth-order valence-corrected chi connectivity index (χ4v) is 3.55. The number of benzene rings is 2. The molecule has 2 aromatic heterocycles. The molecule has 0 unspecified atom stereocenters. The van der Waals surface area contributed by atoms with Crippen molar-refractivity contribution in [2.24, 2.45) is 0 Å². The summed E-state index contributed by atoms with van der Waals surface area (Å²) in [6, 6.07) is 12.6. The molecule has 9 heteroatoms. The molecule has 0 aliphatic heterocycles. The molecular weight excluding hydrogens is 378 g/mol. The molecule has 8 nitrogen and oxygen atoms in total. The first-order chi connectivity index (χ1) is 13.5. The zero-order valence-corrected chi connectivity index (χ0v) is 15.6. The number of hydrogen-bond acceptors (Lipinski definition) is 6. The lowest BCUT2D eigenvalue weighted by atomic mass is 9.99. The Hall–Kier alpha value is -3.46. The van der Waals surface area contributed by atoms with Gasteiger partial charge in [0, 0.05) is 34.8 Å². The van der Waals surface area contributed by atoms with E-state index in [4.69, 9.17) is 0 Å². The van der Waals surface area contributed by atoms with Crippen molar-refractivity contribution in [2.75, 3.05) is 5.75 Å². The maximum atomic E-state index is 11.5. The number of Topliss-reactive ketones (excluding diaryl/α,β-unsaturated/α-hetero) is 1. The molecule has 0 amide bonds. The number of nitrogens with zero attached hydrogens (tertiary/aromatic N) is 3. The van der Waals surface area contributed by atoms with Crippen molar-refractivity contribution in [1.82, 2.24) is 20.2 Å². The van der Waals surface area contributed by atoms with E-state index in [1.54, 1.807) is 6.07 Å². The highest BCUT2D eigenvalue weighted by Crippen LogP contribution is 2.34. The number of aromatic nitrogens is 4. The van der Waals surface area contributed by atoms with Crippen molar-refractivity contribution in [3.63, 3.8) is 0 Å². The van der Waals surface area contributed by atoms with Crippen molar-refractivity contribution in [3.05, 3.63) is 58.8 Å². The third kappa shape index (κ3) is 3.52. The van der Waals surface area contributed by atoms with Crippen LogP contribution in [0.2, 0.25) is 0 Å². The molecule has 0 radical (unpaired) electrons. The number of nitrogens with one attached hydrogen (secondary N) is 2. The first kappa shape index (κ1) is 17.9. The van der Waals surface area contributed by atoms with Crippen LogP contribution in [0.25, 0.3) is 33.4 Å². The third-order valence-electron chi connectivity index (χ3n) is 4.18. The van der Waals surface area contributed by atoms with E-state index in [0.717, 1.165) is 16.5 Å². The molecule has 2 N–H and O–H groups in total. The molecule has 0 bridgehead atoms. The van der Waals surface area contributed by atoms with Gasteiger partial charge in [-0.3, -0.25) is 20.0 Å². The Balaban J connectivity index is 1.80. The summed E-state index contributed by atoms with van der Waals surface area (Å²) >= 11 is 1.22. The van der Waals surface area contributed by atoms with Gasteiger partial charge in [0.2, 0.25) is 5.16 Å². The van der Waals surface area contributed by atoms with Crippen LogP contribution < -0.4 is 0 Å². The average Bonchev–Trinajstić information content (AvgIpc) is 3.35. The third-order valence-corrected chi connectivity index (χ3v) is 5.17. The van der Waals surface area contributed by atoms with Crippen molar-refractivity contribution >= 4 is 34.1 Å². The van der Waals surface area contributed by atoms with Crippen LogP contribution in [0, 0.1) is 10.1 Å². The molecule has 0 saturated heterocycles. The van der Waals surface area contributed by atoms with Gasteiger partial charge in [0.1, 0.15) is 5.78 Å². The molecule has 140 valence electrons. The van der Waals surface area contributed by atoms with Crippen LogP contribution in [-0.4, -0.2) is 36.6 Å². The highest BCUT2D eigenvalue weighted by atomic mass is 32.2. The van der Waals surface area contributed by atoms with Gasteiger partial charge in [0.05, 0.1) is 10.7 Å². The summed E-state index contributed by atoms with van der Waals surface area (Å²) in [6.07, 6.45) is 1.83. The number of non-ortho nitro benzene ring substituents is 1. The number of thioether (sulfide) groups is 1. The van der Waals surface area contributed by atoms with Crippen molar-refractivity contribution < 1.29 is 9.72 Å². The molecule has 0 aliphatic rings. The Kier molecular flexibility index (Phi) is 4.66. The van der Waals surface area contributed by atoms with E-state index in [1.807, 2.05) is 36.5 Å². The molecule has 4 aromatic rings. The van der Waals surface area contributed by atoms with Gasteiger partial charge in [0.15, 0.2) is 5.82 Å². The number of aromatic amines is 2. The maximum absolute atomic E-state index is 11.5. The molecule has 0 saturated carbocycles. The van der Waals surface area contributed by atoms with Crippen LogP contribution in [0.4, 0.5) is 5.69 Å². The van der Waals surface area contributed by atoms with Gasteiger partial charge in [0.25, 0.3) is 5.69 Å². The Morgan fingerprint density at radius 3 is 2.82 bits per heavy atom. The molecule has 2 heterocycles. The van der Waals surface area contributed by atoms with Crippen LogP contribution in [0.5, 0.6) is 0 Å². The van der Waals surface area contributed by atoms with Gasteiger partial charge in [-0.2, -0.15) is 0 Å². The summed E-state index contributed by atoms with van der Waals surface area (Å²) in [5.74, 6) is 0.707. The van der Waals surface area contributed by atoms with Gasteiger partial charge >= 0.3 is 0 Å². The Morgan fingerprint density at radius 2 is 2.04 bits per heavy atom. The van der Waals surface area contributed by atoms with E-state index in [9.17, 15) is 14.9 Å². The van der Waals surface area contributed by atoms with E-state index in [0.29, 0.717) is 22.1 Å². The van der Waals surface area contributed by atoms with Crippen LogP contribution in [-0.2, 0) is 4.79 Å². The lowest BCUT2D eigenvalue weighted by Gasteiger charge is -2.06. The fraction of sp³-hybridized carbons (Fsp3) is 0.105. The van der Waals surface area contributed by atoms with Gasteiger partial charge < -0.3 is 4.98 Å². The van der Waals surface area contributed by atoms with Gasteiger partial charge in [-0.15, -0.1) is 5.10 Å². The summed E-state index contributed by atoms with van der Waals surface area (Å²) < 4.78 is 0. The highest BCUT2D eigenvalue weighted by Gasteiger charge is 2.16. The summed E-state index contributed by atoms with van der Waals surface area (Å²) in [6.45, 7) is 1.50. The second-order valence-electron chi connectivity index (χ2n) is 6.23. The number of carbonyl (C=O) groups excluding carboxylic acids is 1. The molecule has 0 spiro atoms. The van der Waals surface area contributed by atoms with Crippen molar-refractivity contribution in [2.45, 2.75) is 12.1 Å². The average molecular weight is 393 g/mol. The monoisotopic (exact) mass is 393 g/mol. The minimum Gasteiger partial charge on any atom is -0.361 e. The molecule has 0 fully saturated rings. The second kappa shape index (κ2) is 7.28. The number of fused-ring (bicyclic) bond motifs is 1. The second-order valence-corrected chi connectivity index (χ2v) is 7.17. The summed E-state index contributed by atoms with van der Waals surface area (Å²) in [7, 11) is 0. The predicted octanol–water partition coefficient (Wildman–Crippen LogP) is 4.21. The van der Waals surface area contributed by atoms with Gasteiger partial charge in [-0.05, 0) is 36.2 Å². The highest BCUT2D eigenvalue weighted by molar-refractivity contribution is 7.99. The molecule has 4 rings (SSSR count). The molecule has 2 aromatic carbocycles. The molecular formula is C19H15N5O3S. The summed E-state index contributed by atoms with van der Waals surface area (Å²) in [4.78, 5) is 29.7. The number of H-pyrrole nitrogens is 2. The van der Waals surface area contributed by atoms with Crippen LogP contribution >= 0.6 is 11.8 Å². The fourth-order valence-electron chi connectivity index (χ4n) is 2.95. The predicted molar refractivity (Wildman–Crippen MR) is 107 cm³/mol. The Labute approximate surface area is 163 Å². The topological polar surface area (TPSA) is 118 Å². The Morgan fingerprint density at radius 1 is 1.21 bits per heavy atom. The normalized spacial score (nSPS) is 11.0. The standard InChI is InChI=1S/C19H15N5O3S/c1-11(25)10-28-19-21-18(22-23-19)13-7-12(8-14(9-13)24(26)27)15-3-2-4-17-16(15)5-6-20-17/h2-9,20H,10H2,1H3,(H,21,22,23). The Bertz CT molecular complexity index is 1200. The number of hydrogen-bond donors (Lipinski definition) is 2. The quantitative estimate of drug-likeness (QED) is 0.288. The summed E-state index contributed by atoms with van der Waals surface area (Å²) in [5, 5.41) is 19.8. The van der Waals surface area contributed by atoms with E-state index >= 15 is 0 Å². The zero-order valence-electron chi connectivity index (χ0n) is 14.8. The lowest BCUT2D eigenvalue weighted by Crippen LogP contribution is -1.93. The number of rotatable bonds is 6. The number of ketones is 1. The SMILES string of the molecule is CC(=O)CSc1n[nH]c(-c2cc(-c3cccc4[nH]ccc34)cc([N+](=O)[O-])c2)n1. The molecule has 28 heavy (non-hydrogen) atoms. The van der Waals surface area contributed by atoms with Gasteiger partial charge in [-0.25, -0.2) is 4.98 Å². The smallest absolute Gasteiger partial charge is 0.270 e. The minimum absolute atomic E-state index is 0.0218. The molecule has 0 atom stereocenters. The van der Waals surface area contributed by atoms with Crippen LogP contribution in [0.3, 0.4) is 0 Å². The van der Waals surface area contributed by atoms with Crippen molar-refractivity contribution in [3.8, 4) is 22.5 Å². The van der Waals surface area contributed by atoms with Gasteiger partial charge in [-0.1, -0.05) is 23.9 Å². The van der Waals surface area contributed by atoms with Crippen molar-refractivity contribution in [1.29, 1.82) is 0 Å². The number of nitro groups is 1. The first-order valence-electron chi connectivity index (χ1n) is 8.42. The minimum atomic E-state index is -0.425.